The molecule has 0 aliphatic rings. The molecular weight excluding hydrogens is 494 g/mol. The van der Waals surface area contributed by atoms with Gasteiger partial charge < -0.3 is 14.6 Å². The first kappa shape index (κ1) is 25.7. The maximum Gasteiger partial charge on any atom is 0.347 e. The van der Waals surface area contributed by atoms with Gasteiger partial charge in [-0.15, -0.1) is 11.3 Å². The van der Waals surface area contributed by atoms with E-state index in [9.17, 15) is 9.59 Å². The zero-order valence-corrected chi connectivity index (χ0v) is 23.1. The van der Waals surface area contributed by atoms with Gasteiger partial charge in [-0.25, -0.2) is 9.78 Å². The Bertz CT molecular complexity index is 1670. The van der Waals surface area contributed by atoms with Gasteiger partial charge in [0.05, 0.1) is 10.2 Å². The fraction of sp³-hybridized carbons (Fsp3) is 0.258. The lowest BCUT2D eigenvalue weighted by Gasteiger charge is -2.23. The number of rotatable bonds is 6. The summed E-state index contributed by atoms with van der Waals surface area (Å²) < 4.78 is 6.93. The van der Waals surface area contributed by atoms with Crippen LogP contribution in [0.5, 0.6) is 0 Å². The third kappa shape index (κ3) is 4.82. The molecule has 0 atom stereocenters. The number of carbonyl (C=O) groups is 1. The number of hydrogen-bond donors (Lipinski definition) is 1. The molecule has 0 saturated carbocycles. The maximum atomic E-state index is 13.7. The number of thiazole rings is 1. The molecule has 194 valence electrons. The first-order valence-corrected chi connectivity index (χ1v) is 13.7. The molecular formula is C31H31N3O3S. The largest absolute Gasteiger partial charge is 0.422 e. The summed E-state index contributed by atoms with van der Waals surface area (Å²) in [7, 11) is 0. The maximum absolute atomic E-state index is 13.7. The Balaban J connectivity index is 1.84. The van der Waals surface area contributed by atoms with Crippen molar-refractivity contribution in [3.8, 4) is 21.7 Å². The highest BCUT2D eigenvalue weighted by Gasteiger charge is 2.26. The molecule has 0 radical (unpaired) electrons. The van der Waals surface area contributed by atoms with Gasteiger partial charge >= 0.3 is 5.63 Å². The van der Waals surface area contributed by atoms with E-state index in [0.717, 1.165) is 34.4 Å². The third-order valence-electron chi connectivity index (χ3n) is 6.46. The van der Waals surface area contributed by atoms with Crippen LogP contribution in [0.1, 0.15) is 45.0 Å². The lowest BCUT2D eigenvalue weighted by Crippen LogP contribution is -2.40. The van der Waals surface area contributed by atoms with Gasteiger partial charge in [0.25, 0.3) is 5.91 Å². The molecule has 0 fully saturated rings. The number of aromatic nitrogens is 1. The van der Waals surface area contributed by atoms with Crippen molar-refractivity contribution in [1.82, 2.24) is 10.3 Å². The fourth-order valence-electron chi connectivity index (χ4n) is 4.74. The molecule has 38 heavy (non-hydrogen) atoms. The van der Waals surface area contributed by atoms with E-state index in [1.807, 2.05) is 81.4 Å². The van der Waals surface area contributed by atoms with Gasteiger partial charge in [0.1, 0.15) is 16.2 Å². The normalized spacial score (nSPS) is 11.7. The van der Waals surface area contributed by atoms with Crippen molar-refractivity contribution in [2.24, 2.45) is 0 Å². The van der Waals surface area contributed by atoms with Crippen molar-refractivity contribution in [2.45, 2.75) is 40.2 Å². The second-order valence-corrected chi connectivity index (χ2v) is 11.3. The van der Waals surface area contributed by atoms with E-state index in [1.165, 1.54) is 11.3 Å². The summed E-state index contributed by atoms with van der Waals surface area (Å²) in [6.07, 6.45) is 0. The number of nitrogens with one attached hydrogen (secondary N) is 1. The number of anilines is 1. The number of hydrogen-bond acceptors (Lipinski definition) is 6. The van der Waals surface area contributed by atoms with Gasteiger partial charge in [-0.05, 0) is 70.5 Å². The van der Waals surface area contributed by atoms with Crippen LogP contribution in [0.3, 0.4) is 0 Å². The number of nitrogens with zero attached hydrogens (tertiary/aromatic N) is 2. The Labute approximate surface area is 225 Å². The molecule has 7 heteroatoms. The molecule has 1 N–H and O–H groups in total. The molecule has 5 rings (SSSR count). The number of carbonyl (C=O) groups excluding carboxylic acids is 1. The van der Waals surface area contributed by atoms with E-state index in [4.69, 9.17) is 9.40 Å². The zero-order valence-electron chi connectivity index (χ0n) is 22.3. The summed E-state index contributed by atoms with van der Waals surface area (Å²) in [4.78, 5) is 34.2. The van der Waals surface area contributed by atoms with E-state index < -0.39 is 11.2 Å². The molecule has 0 aliphatic carbocycles. The average Bonchev–Trinajstić information content (AvgIpc) is 3.31. The van der Waals surface area contributed by atoms with Gasteiger partial charge in [0.2, 0.25) is 0 Å². The summed E-state index contributed by atoms with van der Waals surface area (Å²) in [5, 5.41) is 4.39. The average molecular weight is 526 g/mol. The quantitative estimate of drug-likeness (QED) is 0.239. The van der Waals surface area contributed by atoms with E-state index in [2.05, 4.69) is 24.1 Å². The van der Waals surface area contributed by atoms with Crippen molar-refractivity contribution >= 4 is 44.1 Å². The van der Waals surface area contributed by atoms with Crippen LogP contribution in [0.2, 0.25) is 0 Å². The molecule has 2 aromatic heterocycles. The van der Waals surface area contributed by atoms with Crippen molar-refractivity contribution in [3.63, 3.8) is 0 Å². The minimum Gasteiger partial charge on any atom is -0.422 e. The van der Waals surface area contributed by atoms with Gasteiger partial charge in [-0.3, -0.25) is 4.79 Å². The van der Waals surface area contributed by atoms with Gasteiger partial charge in [0.15, 0.2) is 0 Å². The minimum absolute atomic E-state index is 0.204. The predicted octanol–water partition coefficient (Wildman–Crippen LogP) is 7.11. The van der Waals surface area contributed by atoms with Crippen LogP contribution >= 0.6 is 11.3 Å². The highest BCUT2D eigenvalue weighted by molar-refractivity contribution is 7.21. The number of para-hydroxylation sites is 1. The topological polar surface area (TPSA) is 75.4 Å². The number of fused-ring (bicyclic) bond motifs is 2. The molecule has 6 nitrogen and oxygen atoms in total. The number of amides is 1. The summed E-state index contributed by atoms with van der Waals surface area (Å²) in [5.41, 5.74) is 3.54. The first-order chi connectivity index (χ1) is 18.2. The SMILES string of the molecule is CCN(CC)c1ccc2c(-c3ccccc3C(=O)NC(C)(C)C)c(-c3nc4ccccc4s3)c(=O)oc2c1. The second kappa shape index (κ2) is 10.1. The Hall–Kier alpha value is -3.97. The van der Waals surface area contributed by atoms with Crippen molar-refractivity contribution in [1.29, 1.82) is 0 Å². The van der Waals surface area contributed by atoms with Crippen LogP contribution in [0, 0.1) is 0 Å². The van der Waals surface area contributed by atoms with E-state index >= 15 is 0 Å². The highest BCUT2D eigenvalue weighted by Crippen LogP contribution is 2.41. The molecule has 1 amide bonds. The van der Waals surface area contributed by atoms with Gasteiger partial charge in [0, 0.05) is 46.9 Å². The fourth-order valence-corrected chi connectivity index (χ4v) is 5.74. The van der Waals surface area contributed by atoms with Crippen molar-refractivity contribution in [2.75, 3.05) is 18.0 Å². The first-order valence-electron chi connectivity index (χ1n) is 12.8. The summed E-state index contributed by atoms with van der Waals surface area (Å²) in [5.74, 6) is -0.204. The van der Waals surface area contributed by atoms with Gasteiger partial charge in [-0.2, -0.15) is 0 Å². The molecule has 5 aromatic rings. The molecule has 0 aliphatic heterocycles. The van der Waals surface area contributed by atoms with Crippen molar-refractivity contribution < 1.29 is 9.21 Å². The number of benzene rings is 3. The molecule has 2 heterocycles. The smallest absolute Gasteiger partial charge is 0.347 e. The van der Waals surface area contributed by atoms with Crippen LogP contribution < -0.4 is 15.8 Å². The second-order valence-electron chi connectivity index (χ2n) is 10.2. The summed E-state index contributed by atoms with van der Waals surface area (Å²) in [6.45, 7) is 11.7. The Morgan fingerprint density at radius 1 is 0.974 bits per heavy atom. The van der Waals surface area contributed by atoms with E-state index in [0.29, 0.717) is 32.8 Å². The summed E-state index contributed by atoms with van der Waals surface area (Å²) in [6, 6.07) is 21.1. The molecule has 0 bridgehead atoms. The standard InChI is InChI=1S/C31H31N3O3S/c1-6-34(7-2)19-16-17-22-24(18-19)37-30(36)27(29-32-23-14-10-11-15-25(23)38-29)26(22)20-12-8-9-13-21(20)28(35)33-31(3,4)5/h8-18H,6-7H2,1-5H3,(H,33,35). The lowest BCUT2D eigenvalue weighted by molar-refractivity contribution is 0.0920. The Morgan fingerprint density at radius 2 is 1.68 bits per heavy atom. The van der Waals surface area contributed by atoms with Crippen molar-refractivity contribution in [3.05, 3.63) is 82.7 Å². The van der Waals surface area contributed by atoms with Gasteiger partial charge in [-0.1, -0.05) is 30.3 Å². The molecule has 0 unspecified atom stereocenters. The third-order valence-corrected chi connectivity index (χ3v) is 7.51. The van der Waals surface area contributed by atoms with E-state index in [-0.39, 0.29) is 5.91 Å². The lowest BCUT2D eigenvalue weighted by atomic mass is 9.92. The van der Waals surface area contributed by atoms with Crippen LogP contribution in [-0.4, -0.2) is 29.5 Å². The predicted molar refractivity (Wildman–Crippen MR) is 157 cm³/mol. The van der Waals surface area contributed by atoms with Crippen LogP contribution in [-0.2, 0) is 0 Å². The Morgan fingerprint density at radius 3 is 2.39 bits per heavy atom. The van der Waals surface area contributed by atoms with Crippen LogP contribution in [0.4, 0.5) is 5.69 Å². The molecule has 3 aromatic carbocycles. The van der Waals surface area contributed by atoms with Crippen LogP contribution in [0.15, 0.2) is 75.9 Å². The Kier molecular flexibility index (Phi) is 6.80. The van der Waals surface area contributed by atoms with Crippen LogP contribution in [0.25, 0.3) is 42.9 Å². The minimum atomic E-state index is -0.478. The summed E-state index contributed by atoms with van der Waals surface area (Å²) >= 11 is 1.44. The zero-order chi connectivity index (χ0) is 27.0. The molecule has 0 spiro atoms. The van der Waals surface area contributed by atoms with E-state index in [1.54, 1.807) is 6.07 Å². The monoisotopic (exact) mass is 525 g/mol. The highest BCUT2D eigenvalue weighted by atomic mass is 32.1. The molecule has 0 saturated heterocycles.